The summed E-state index contributed by atoms with van der Waals surface area (Å²) in [5.74, 6) is -0.0705. The van der Waals surface area contributed by atoms with Crippen LogP contribution in [0.2, 0.25) is 0 Å². The van der Waals surface area contributed by atoms with Gasteiger partial charge in [0, 0.05) is 35.4 Å². The number of carbonyl (C=O) groups is 2. The fraction of sp³-hybridized carbons (Fsp3) is 0.143. The second-order valence-corrected chi connectivity index (χ2v) is 3.94. The molecule has 2 rings (SSSR count). The molecule has 0 spiro atoms. The van der Waals surface area contributed by atoms with Gasteiger partial charge in [-0.1, -0.05) is 0 Å². The minimum absolute atomic E-state index is 0.0346. The van der Waals surface area contributed by atoms with Crippen LogP contribution in [-0.4, -0.2) is 21.5 Å². The van der Waals surface area contributed by atoms with Crippen LogP contribution in [0.5, 0.6) is 0 Å². The lowest BCUT2D eigenvalue weighted by molar-refractivity contribution is 0.0990. The van der Waals surface area contributed by atoms with E-state index >= 15 is 0 Å². The third-order valence-corrected chi connectivity index (χ3v) is 2.56. The maximum atomic E-state index is 11.9. The van der Waals surface area contributed by atoms with Crippen LogP contribution in [0.1, 0.15) is 33.3 Å². The molecule has 4 nitrogen and oxygen atoms in total. The van der Waals surface area contributed by atoms with Crippen molar-refractivity contribution in [2.24, 2.45) is 0 Å². The van der Waals surface area contributed by atoms with Crippen LogP contribution < -0.4 is 0 Å². The molecular weight excluding hydrogens is 228 g/mol. The second-order valence-electron chi connectivity index (χ2n) is 3.94. The highest BCUT2D eigenvalue weighted by molar-refractivity contribution is 5.97. The minimum atomic E-state index is -0.0359. The van der Waals surface area contributed by atoms with E-state index in [-0.39, 0.29) is 18.0 Å². The summed E-state index contributed by atoms with van der Waals surface area (Å²) < 4.78 is 0. The number of nitrogens with zero attached hydrogens (tertiary/aromatic N) is 2. The molecule has 0 unspecified atom stereocenters. The monoisotopic (exact) mass is 240 g/mol. The van der Waals surface area contributed by atoms with Crippen LogP contribution in [0.15, 0.2) is 42.9 Å². The Kier molecular flexibility index (Phi) is 3.57. The van der Waals surface area contributed by atoms with Gasteiger partial charge in [0.1, 0.15) is 0 Å². The highest BCUT2D eigenvalue weighted by atomic mass is 16.1. The van der Waals surface area contributed by atoms with Crippen molar-refractivity contribution < 1.29 is 9.59 Å². The van der Waals surface area contributed by atoms with Crippen molar-refractivity contribution in [2.45, 2.75) is 13.3 Å². The largest absolute Gasteiger partial charge is 0.294 e. The van der Waals surface area contributed by atoms with Crippen LogP contribution in [0.4, 0.5) is 0 Å². The molecule has 4 heteroatoms. The van der Waals surface area contributed by atoms with E-state index in [1.807, 2.05) is 0 Å². The first-order valence-corrected chi connectivity index (χ1v) is 5.56. The molecule has 18 heavy (non-hydrogen) atoms. The lowest BCUT2D eigenvalue weighted by Gasteiger charge is -2.01. The topological polar surface area (TPSA) is 59.9 Å². The molecule has 0 radical (unpaired) electrons. The molecule has 2 aromatic heterocycles. The van der Waals surface area contributed by atoms with Gasteiger partial charge in [-0.05, 0) is 31.2 Å². The molecule has 0 aliphatic heterocycles. The maximum absolute atomic E-state index is 11.9. The first-order chi connectivity index (χ1) is 8.66. The number of aromatic nitrogens is 2. The Hall–Kier alpha value is -2.36. The first kappa shape index (κ1) is 12.1. The van der Waals surface area contributed by atoms with Crippen molar-refractivity contribution >= 4 is 11.6 Å². The number of rotatable bonds is 4. The molecular formula is C14H12N2O2. The van der Waals surface area contributed by atoms with Crippen molar-refractivity contribution in [1.29, 1.82) is 0 Å². The Morgan fingerprint density at radius 1 is 1.11 bits per heavy atom. The van der Waals surface area contributed by atoms with Gasteiger partial charge in [-0.3, -0.25) is 19.6 Å². The number of carbonyl (C=O) groups excluding carboxylic acids is 2. The number of ketones is 2. The molecule has 0 N–H and O–H groups in total. The maximum Gasteiger partial charge on any atom is 0.170 e. The Morgan fingerprint density at radius 2 is 1.94 bits per heavy atom. The molecule has 0 saturated carbocycles. The molecule has 0 saturated heterocycles. The fourth-order valence-corrected chi connectivity index (χ4v) is 1.53. The molecule has 0 aromatic carbocycles. The highest BCUT2D eigenvalue weighted by Crippen LogP contribution is 2.06. The van der Waals surface area contributed by atoms with Gasteiger partial charge in [-0.2, -0.15) is 0 Å². The van der Waals surface area contributed by atoms with Gasteiger partial charge in [0.2, 0.25) is 0 Å². The van der Waals surface area contributed by atoms with Gasteiger partial charge < -0.3 is 0 Å². The Morgan fingerprint density at radius 3 is 2.50 bits per heavy atom. The van der Waals surface area contributed by atoms with Crippen molar-refractivity contribution in [1.82, 2.24) is 9.97 Å². The van der Waals surface area contributed by atoms with Crippen LogP contribution in [-0.2, 0) is 6.42 Å². The Balaban J connectivity index is 2.10. The zero-order valence-corrected chi connectivity index (χ0v) is 9.96. The molecule has 0 fully saturated rings. The smallest absolute Gasteiger partial charge is 0.170 e. The van der Waals surface area contributed by atoms with Crippen LogP contribution >= 0.6 is 0 Å². The van der Waals surface area contributed by atoms with E-state index in [4.69, 9.17) is 0 Å². The van der Waals surface area contributed by atoms with E-state index in [0.29, 0.717) is 16.8 Å². The van der Waals surface area contributed by atoms with E-state index in [1.165, 1.54) is 19.3 Å². The predicted molar refractivity (Wildman–Crippen MR) is 66.5 cm³/mol. The highest BCUT2D eigenvalue weighted by Gasteiger charge is 2.08. The molecule has 0 bridgehead atoms. The summed E-state index contributed by atoms with van der Waals surface area (Å²) in [5, 5.41) is 0. The zero-order chi connectivity index (χ0) is 13.0. The van der Waals surface area contributed by atoms with E-state index in [2.05, 4.69) is 9.97 Å². The first-order valence-electron chi connectivity index (χ1n) is 5.56. The average molecular weight is 240 g/mol. The SMILES string of the molecule is CC(=O)c1ccc(CC(=O)c2cccnc2)nc1. The lowest BCUT2D eigenvalue weighted by Crippen LogP contribution is -2.06. The molecule has 2 heterocycles. The molecule has 0 aliphatic rings. The van der Waals surface area contributed by atoms with Gasteiger partial charge in [-0.25, -0.2) is 0 Å². The third-order valence-electron chi connectivity index (χ3n) is 2.56. The molecule has 2 aromatic rings. The van der Waals surface area contributed by atoms with E-state index in [0.717, 1.165) is 0 Å². The predicted octanol–water partition coefficient (Wildman–Crippen LogP) is 2.10. The van der Waals surface area contributed by atoms with Gasteiger partial charge in [0.15, 0.2) is 11.6 Å². The Bertz CT molecular complexity index is 562. The number of Topliss-reactive ketones (excluding diaryl/α,β-unsaturated/α-hetero) is 2. The fourth-order valence-electron chi connectivity index (χ4n) is 1.53. The summed E-state index contributed by atoms with van der Waals surface area (Å²) in [4.78, 5) is 31.0. The average Bonchev–Trinajstić information content (AvgIpc) is 2.40. The van der Waals surface area contributed by atoms with Crippen molar-refractivity contribution in [3.05, 3.63) is 59.7 Å². The summed E-state index contributed by atoms with van der Waals surface area (Å²) in [6, 6.07) is 6.82. The van der Waals surface area contributed by atoms with Gasteiger partial charge in [0.05, 0.1) is 6.42 Å². The second kappa shape index (κ2) is 5.31. The third kappa shape index (κ3) is 2.85. The standard InChI is InChI=1S/C14H12N2O2/c1-10(17)11-4-5-13(16-9-11)7-14(18)12-3-2-6-15-8-12/h2-6,8-9H,7H2,1H3. The van der Waals surface area contributed by atoms with Crippen molar-refractivity contribution in [3.63, 3.8) is 0 Å². The van der Waals surface area contributed by atoms with Crippen LogP contribution in [0, 0.1) is 0 Å². The molecule has 0 aliphatic carbocycles. The van der Waals surface area contributed by atoms with Crippen LogP contribution in [0.3, 0.4) is 0 Å². The quantitative estimate of drug-likeness (QED) is 0.768. The molecule has 0 amide bonds. The number of pyridine rings is 2. The van der Waals surface area contributed by atoms with Crippen molar-refractivity contribution in [3.8, 4) is 0 Å². The normalized spacial score (nSPS) is 10.1. The summed E-state index contributed by atoms with van der Waals surface area (Å²) >= 11 is 0. The summed E-state index contributed by atoms with van der Waals surface area (Å²) in [6.07, 6.45) is 4.86. The van der Waals surface area contributed by atoms with Crippen LogP contribution in [0.25, 0.3) is 0 Å². The van der Waals surface area contributed by atoms with E-state index in [1.54, 1.807) is 30.5 Å². The minimum Gasteiger partial charge on any atom is -0.294 e. The van der Waals surface area contributed by atoms with Gasteiger partial charge in [-0.15, -0.1) is 0 Å². The number of hydrogen-bond acceptors (Lipinski definition) is 4. The van der Waals surface area contributed by atoms with Gasteiger partial charge in [0.25, 0.3) is 0 Å². The zero-order valence-electron chi connectivity index (χ0n) is 9.96. The molecule has 90 valence electrons. The molecule has 0 atom stereocenters. The van der Waals surface area contributed by atoms with Crippen molar-refractivity contribution in [2.75, 3.05) is 0 Å². The van der Waals surface area contributed by atoms with E-state index in [9.17, 15) is 9.59 Å². The summed E-state index contributed by atoms with van der Waals surface area (Å²) in [7, 11) is 0. The summed E-state index contributed by atoms with van der Waals surface area (Å²) in [5.41, 5.74) is 1.76. The lowest BCUT2D eigenvalue weighted by atomic mass is 10.1. The van der Waals surface area contributed by atoms with E-state index < -0.39 is 0 Å². The Labute approximate surface area is 105 Å². The van der Waals surface area contributed by atoms with Gasteiger partial charge >= 0.3 is 0 Å². The number of hydrogen-bond donors (Lipinski definition) is 0. The summed E-state index contributed by atoms with van der Waals surface area (Å²) in [6.45, 7) is 1.48.